The third-order valence-corrected chi connectivity index (χ3v) is 6.57. The van der Waals surface area contributed by atoms with Crippen molar-refractivity contribution in [3.8, 4) is 11.3 Å². The van der Waals surface area contributed by atoms with Crippen LogP contribution in [0.5, 0.6) is 0 Å². The highest BCUT2D eigenvalue weighted by molar-refractivity contribution is 6.08. The SMILES string of the molecule is CN[C@H](C)C(=O)Nc1ccc(-c2cccc(C(=O)N(C)C)c2)n(Cc2cncc(C(=O)c3ccc(F)cc3)c2)c1=O. The molecule has 10 heteroatoms. The van der Waals surface area contributed by atoms with Gasteiger partial charge in [-0.3, -0.25) is 24.2 Å². The van der Waals surface area contributed by atoms with Gasteiger partial charge in [0.05, 0.1) is 18.3 Å². The number of benzene rings is 2. The van der Waals surface area contributed by atoms with Crippen molar-refractivity contribution in [1.82, 2.24) is 19.8 Å². The first kappa shape index (κ1) is 29.0. The summed E-state index contributed by atoms with van der Waals surface area (Å²) in [6.45, 7) is 1.69. The fourth-order valence-corrected chi connectivity index (χ4v) is 4.17. The second kappa shape index (κ2) is 12.5. The molecule has 2 aromatic heterocycles. The minimum atomic E-state index is -0.533. The molecule has 0 spiro atoms. The van der Waals surface area contributed by atoms with Crippen LogP contribution in [0.1, 0.15) is 38.8 Å². The van der Waals surface area contributed by atoms with Crippen LogP contribution in [0, 0.1) is 5.82 Å². The van der Waals surface area contributed by atoms with Gasteiger partial charge in [0.15, 0.2) is 5.78 Å². The number of nitrogens with zero attached hydrogens (tertiary/aromatic N) is 3. The number of aromatic nitrogens is 2. The topological polar surface area (TPSA) is 113 Å². The molecular weight excluding hydrogens is 525 g/mol. The van der Waals surface area contributed by atoms with Crippen LogP contribution in [0.2, 0.25) is 0 Å². The van der Waals surface area contributed by atoms with Crippen molar-refractivity contribution in [2.45, 2.75) is 19.5 Å². The van der Waals surface area contributed by atoms with Crippen LogP contribution in [0.3, 0.4) is 0 Å². The molecule has 0 saturated heterocycles. The Kier molecular flexibility index (Phi) is 8.84. The summed E-state index contributed by atoms with van der Waals surface area (Å²) in [5, 5.41) is 5.51. The summed E-state index contributed by atoms with van der Waals surface area (Å²) < 4.78 is 14.8. The van der Waals surface area contributed by atoms with E-state index in [4.69, 9.17) is 0 Å². The predicted octanol–water partition coefficient (Wildman–Crippen LogP) is 3.58. The van der Waals surface area contributed by atoms with E-state index in [0.29, 0.717) is 27.9 Å². The Morgan fingerprint density at radius 3 is 2.37 bits per heavy atom. The second-order valence-electron chi connectivity index (χ2n) is 9.72. The summed E-state index contributed by atoms with van der Waals surface area (Å²) in [6, 6.07) is 16.4. The quantitative estimate of drug-likeness (QED) is 0.305. The smallest absolute Gasteiger partial charge is 0.275 e. The number of likely N-dealkylation sites (N-methyl/N-ethyl adjacent to an activating group) is 1. The van der Waals surface area contributed by atoms with Gasteiger partial charge >= 0.3 is 0 Å². The number of ketones is 1. The molecule has 2 amide bonds. The number of nitrogens with one attached hydrogen (secondary N) is 2. The Morgan fingerprint density at radius 1 is 0.951 bits per heavy atom. The third kappa shape index (κ3) is 6.62. The van der Waals surface area contributed by atoms with E-state index in [0.717, 1.165) is 0 Å². The van der Waals surface area contributed by atoms with Gasteiger partial charge in [-0.2, -0.15) is 0 Å². The highest BCUT2D eigenvalue weighted by atomic mass is 19.1. The number of anilines is 1. The zero-order valence-electron chi connectivity index (χ0n) is 23.1. The Labute approximate surface area is 236 Å². The molecule has 1 atom stereocenters. The molecule has 0 radical (unpaired) electrons. The zero-order chi connectivity index (χ0) is 29.7. The lowest BCUT2D eigenvalue weighted by atomic mass is 10.0. The molecule has 0 aliphatic carbocycles. The molecular formula is C31H30FN5O4. The number of amides is 2. The van der Waals surface area contributed by atoms with E-state index in [1.807, 2.05) is 0 Å². The summed E-state index contributed by atoms with van der Waals surface area (Å²) in [5.74, 6) is -1.37. The maximum atomic E-state index is 13.7. The number of carbonyl (C=O) groups is 3. The molecule has 4 aromatic rings. The number of halogens is 1. The van der Waals surface area contributed by atoms with Gasteiger partial charge in [0.2, 0.25) is 5.91 Å². The number of hydrogen-bond donors (Lipinski definition) is 2. The maximum absolute atomic E-state index is 13.7. The molecule has 41 heavy (non-hydrogen) atoms. The molecule has 0 saturated carbocycles. The van der Waals surface area contributed by atoms with E-state index in [-0.39, 0.29) is 35.4 Å². The average Bonchev–Trinajstić information content (AvgIpc) is 2.98. The van der Waals surface area contributed by atoms with Gasteiger partial charge in [0, 0.05) is 43.2 Å². The monoisotopic (exact) mass is 555 g/mol. The molecule has 9 nitrogen and oxygen atoms in total. The van der Waals surface area contributed by atoms with Crippen LogP contribution in [0.25, 0.3) is 11.3 Å². The lowest BCUT2D eigenvalue weighted by Crippen LogP contribution is -2.37. The summed E-state index contributed by atoms with van der Waals surface area (Å²) in [5.41, 5.74) is 2.28. The lowest BCUT2D eigenvalue weighted by molar-refractivity contribution is -0.117. The highest BCUT2D eigenvalue weighted by Crippen LogP contribution is 2.23. The Hall–Kier alpha value is -4.96. The molecule has 0 fully saturated rings. The molecule has 0 aliphatic rings. The summed E-state index contributed by atoms with van der Waals surface area (Å²) in [6.07, 6.45) is 2.95. The molecule has 2 heterocycles. The van der Waals surface area contributed by atoms with Crippen molar-refractivity contribution in [3.05, 3.63) is 118 Å². The van der Waals surface area contributed by atoms with Crippen molar-refractivity contribution >= 4 is 23.3 Å². The molecule has 2 N–H and O–H groups in total. The first-order valence-corrected chi connectivity index (χ1v) is 12.9. The van der Waals surface area contributed by atoms with Crippen LogP contribution in [0.4, 0.5) is 10.1 Å². The van der Waals surface area contributed by atoms with Gasteiger partial charge < -0.3 is 20.1 Å². The molecule has 0 aliphatic heterocycles. The van der Waals surface area contributed by atoms with Gasteiger partial charge in [-0.05, 0) is 79.7 Å². The Bertz CT molecular complexity index is 1660. The lowest BCUT2D eigenvalue weighted by Gasteiger charge is -2.18. The fourth-order valence-electron chi connectivity index (χ4n) is 4.17. The van der Waals surface area contributed by atoms with Gasteiger partial charge in [0.1, 0.15) is 11.5 Å². The van der Waals surface area contributed by atoms with Crippen molar-refractivity contribution < 1.29 is 18.8 Å². The highest BCUT2D eigenvalue weighted by Gasteiger charge is 2.18. The molecule has 210 valence electrons. The van der Waals surface area contributed by atoms with Crippen molar-refractivity contribution in [1.29, 1.82) is 0 Å². The van der Waals surface area contributed by atoms with Crippen LogP contribution in [-0.2, 0) is 11.3 Å². The van der Waals surface area contributed by atoms with E-state index >= 15 is 0 Å². The number of pyridine rings is 2. The minimum Gasteiger partial charge on any atom is -0.345 e. The predicted molar refractivity (Wildman–Crippen MR) is 154 cm³/mol. The molecule has 2 aromatic carbocycles. The van der Waals surface area contributed by atoms with Crippen LogP contribution in [0.15, 0.2) is 83.9 Å². The molecule has 0 bridgehead atoms. The van der Waals surface area contributed by atoms with Gasteiger partial charge in [-0.25, -0.2) is 4.39 Å². The minimum absolute atomic E-state index is 0.0167. The maximum Gasteiger partial charge on any atom is 0.275 e. The Morgan fingerprint density at radius 2 is 1.68 bits per heavy atom. The third-order valence-electron chi connectivity index (χ3n) is 6.57. The van der Waals surface area contributed by atoms with E-state index < -0.39 is 17.4 Å². The van der Waals surface area contributed by atoms with E-state index in [1.165, 1.54) is 52.2 Å². The fraction of sp³-hybridized carbons (Fsp3) is 0.194. The van der Waals surface area contributed by atoms with Crippen molar-refractivity contribution in [2.24, 2.45) is 0 Å². The van der Waals surface area contributed by atoms with Gasteiger partial charge in [0.25, 0.3) is 11.5 Å². The summed E-state index contributed by atoms with van der Waals surface area (Å²) in [7, 11) is 4.95. The van der Waals surface area contributed by atoms with E-state index in [2.05, 4.69) is 15.6 Å². The van der Waals surface area contributed by atoms with E-state index in [9.17, 15) is 23.6 Å². The van der Waals surface area contributed by atoms with Gasteiger partial charge in [-0.1, -0.05) is 12.1 Å². The zero-order valence-corrected chi connectivity index (χ0v) is 23.1. The molecule has 4 rings (SSSR count). The van der Waals surface area contributed by atoms with Crippen LogP contribution >= 0.6 is 0 Å². The van der Waals surface area contributed by atoms with Crippen LogP contribution < -0.4 is 16.2 Å². The van der Waals surface area contributed by atoms with Crippen molar-refractivity contribution in [2.75, 3.05) is 26.5 Å². The normalized spacial score (nSPS) is 11.5. The first-order valence-electron chi connectivity index (χ1n) is 12.9. The summed E-state index contributed by atoms with van der Waals surface area (Å²) >= 11 is 0. The number of hydrogen-bond acceptors (Lipinski definition) is 6. The Balaban J connectivity index is 1.78. The number of rotatable bonds is 9. The van der Waals surface area contributed by atoms with Crippen LogP contribution in [-0.4, -0.2) is 59.2 Å². The second-order valence-corrected chi connectivity index (χ2v) is 9.72. The summed E-state index contributed by atoms with van der Waals surface area (Å²) in [4.78, 5) is 57.6. The van der Waals surface area contributed by atoms with E-state index in [1.54, 1.807) is 64.5 Å². The largest absolute Gasteiger partial charge is 0.345 e. The molecule has 0 unspecified atom stereocenters. The van der Waals surface area contributed by atoms with Crippen molar-refractivity contribution in [3.63, 3.8) is 0 Å². The standard InChI is InChI=1S/C31H30FN5O4/c1-19(33-2)29(39)35-26-12-13-27(22-6-5-7-23(15-22)30(40)36(3)4)37(31(26)41)18-20-14-24(17-34-16-20)28(38)21-8-10-25(32)11-9-21/h5-17,19,33H,18H2,1-4H3,(H,35,39)/t19-/m1/s1. The average molecular weight is 556 g/mol. The number of carbonyl (C=O) groups excluding carboxylic acids is 3. The van der Waals surface area contributed by atoms with Gasteiger partial charge in [-0.15, -0.1) is 0 Å². The first-order chi connectivity index (χ1) is 19.6.